The highest BCUT2D eigenvalue weighted by molar-refractivity contribution is 6.30. The topological polar surface area (TPSA) is 26.3 Å². The number of alkyl halides is 3. The molecule has 0 amide bonds. The van der Waals surface area contributed by atoms with E-state index in [0.717, 1.165) is 0 Å². The van der Waals surface area contributed by atoms with Crippen molar-refractivity contribution in [1.82, 2.24) is 0 Å². The molecule has 1 heterocycles. The van der Waals surface area contributed by atoms with Gasteiger partial charge in [-0.1, -0.05) is 24.9 Å². The number of benzene rings is 1. The van der Waals surface area contributed by atoms with Gasteiger partial charge in [0.2, 0.25) is 5.60 Å². The van der Waals surface area contributed by atoms with E-state index in [1.54, 1.807) is 6.92 Å². The average molecular weight is 319 g/mol. The monoisotopic (exact) mass is 318 g/mol. The predicted octanol–water partition coefficient (Wildman–Crippen LogP) is 4.81. The molecule has 21 heavy (non-hydrogen) atoms. The smallest absolute Gasteiger partial charge is 0.432 e. The summed E-state index contributed by atoms with van der Waals surface area (Å²) in [5.41, 5.74) is -2.62. The van der Waals surface area contributed by atoms with Gasteiger partial charge in [0.05, 0.1) is 0 Å². The quantitative estimate of drug-likeness (QED) is 0.745. The molecular weight excluding hydrogens is 305 g/mol. The number of rotatable bonds is 4. The first-order valence-electron chi connectivity index (χ1n) is 6.56. The number of carbonyl (C=O) groups excluding carboxylic acids is 1. The van der Waals surface area contributed by atoms with Crippen LogP contribution in [-0.4, -0.2) is 18.1 Å². The number of hydrogen-bond acceptors (Lipinski definition) is 2. The van der Waals surface area contributed by atoms with E-state index in [-0.39, 0.29) is 18.5 Å². The number of ether oxygens (including phenoxy) is 1. The van der Waals surface area contributed by atoms with Crippen molar-refractivity contribution in [2.75, 3.05) is 0 Å². The molecule has 0 radical (unpaired) electrons. The summed E-state index contributed by atoms with van der Waals surface area (Å²) < 4.78 is 46.0. The molecule has 1 aliphatic rings. The largest absolute Gasteiger partial charge is 0.472 e. The maximum absolute atomic E-state index is 13.6. The summed E-state index contributed by atoms with van der Waals surface area (Å²) in [6.45, 7) is 1.78. The summed E-state index contributed by atoms with van der Waals surface area (Å²) >= 11 is 5.82. The predicted molar refractivity (Wildman–Crippen MR) is 74.4 cm³/mol. The summed E-state index contributed by atoms with van der Waals surface area (Å²) in [5.74, 6) is 0.0819. The van der Waals surface area contributed by atoms with Gasteiger partial charge in [0.15, 0.2) is 0 Å². The lowest BCUT2D eigenvalue weighted by molar-refractivity contribution is -0.236. The van der Waals surface area contributed by atoms with Crippen LogP contribution in [0.15, 0.2) is 23.8 Å². The molecule has 0 spiro atoms. The zero-order valence-electron chi connectivity index (χ0n) is 11.3. The van der Waals surface area contributed by atoms with Crippen LogP contribution in [0.4, 0.5) is 13.2 Å². The van der Waals surface area contributed by atoms with E-state index in [0.29, 0.717) is 23.4 Å². The molecule has 0 aromatic heterocycles. The number of carbonyl (C=O) groups is 1. The molecule has 2 rings (SSSR count). The van der Waals surface area contributed by atoms with Crippen LogP contribution in [0.25, 0.3) is 6.08 Å². The Morgan fingerprint density at radius 1 is 1.38 bits per heavy atom. The Kier molecular flexibility index (Phi) is 4.33. The van der Waals surface area contributed by atoms with Crippen molar-refractivity contribution < 1.29 is 22.7 Å². The number of aldehydes is 1. The molecule has 0 aliphatic carbocycles. The molecule has 0 fully saturated rings. The van der Waals surface area contributed by atoms with Gasteiger partial charge in [-0.25, -0.2) is 0 Å². The highest BCUT2D eigenvalue weighted by Gasteiger charge is 2.60. The molecule has 114 valence electrons. The fourth-order valence-corrected chi connectivity index (χ4v) is 2.55. The normalized spacial score (nSPS) is 21.3. The van der Waals surface area contributed by atoms with Crippen molar-refractivity contribution >= 4 is 24.0 Å². The molecular formula is C15H14ClF3O2. The third kappa shape index (κ3) is 2.79. The first kappa shape index (κ1) is 15.9. The number of unbranched alkanes of at least 4 members (excludes halogenated alkanes) is 1. The van der Waals surface area contributed by atoms with E-state index in [1.165, 1.54) is 24.3 Å². The van der Waals surface area contributed by atoms with E-state index >= 15 is 0 Å². The molecule has 0 N–H and O–H groups in total. The molecule has 1 unspecified atom stereocenters. The molecule has 1 aromatic carbocycles. The highest BCUT2D eigenvalue weighted by Crippen LogP contribution is 2.47. The molecule has 0 saturated carbocycles. The Morgan fingerprint density at radius 2 is 2.10 bits per heavy atom. The lowest BCUT2D eigenvalue weighted by atomic mass is 9.84. The van der Waals surface area contributed by atoms with E-state index in [2.05, 4.69) is 0 Å². The van der Waals surface area contributed by atoms with Gasteiger partial charge in [0, 0.05) is 22.6 Å². The van der Waals surface area contributed by atoms with Crippen LogP contribution in [0.2, 0.25) is 5.02 Å². The number of fused-ring (bicyclic) bond motifs is 1. The molecule has 1 aliphatic heterocycles. The molecule has 0 saturated heterocycles. The average Bonchev–Trinajstić information content (AvgIpc) is 2.42. The number of halogens is 4. The zero-order valence-corrected chi connectivity index (χ0v) is 12.1. The lowest BCUT2D eigenvalue weighted by Crippen LogP contribution is -2.53. The minimum Gasteiger partial charge on any atom is -0.472 e. The summed E-state index contributed by atoms with van der Waals surface area (Å²) in [7, 11) is 0. The van der Waals surface area contributed by atoms with E-state index < -0.39 is 17.4 Å². The summed E-state index contributed by atoms with van der Waals surface area (Å²) in [5, 5.41) is 0.368. The maximum Gasteiger partial charge on any atom is 0.432 e. The Bertz CT molecular complexity index is 581. The highest BCUT2D eigenvalue weighted by atomic mass is 35.5. The van der Waals surface area contributed by atoms with Gasteiger partial charge in [0.25, 0.3) is 0 Å². The van der Waals surface area contributed by atoms with Gasteiger partial charge >= 0.3 is 6.18 Å². The minimum atomic E-state index is -4.67. The van der Waals surface area contributed by atoms with Crippen LogP contribution in [0.1, 0.15) is 31.7 Å². The third-order valence-electron chi connectivity index (χ3n) is 3.50. The zero-order chi connectivity index (χ0) is 15.7. The Balaban J connectivity index is 2.57. The van der Waals surface area contributed by atoms with Gasteiger partial charge in [-0.3, -0.25) is 4.79 Å². The summed E-state index contributed by atoms with van der Waals surface area (Å²) in [4.78, 5) is 11.2. The van der Waals surface area contributed by atoms with Gasteiger partial charge in [-0.2, -0.15) is 13.2 Å². The molecule has 6 heteroatoms. The molecule has 1 aromatic rings. The second-order valence-corrected chi connectivity index (χ2v) is 5.37. The van der Waals surface area contributed by atoms with Crippen LogP contribution in [0.5, 0.6) is 5.75 Å². The van der Waals surface area contributed by atoms with Gasteiger partial charge < -0.3 is 4.74 Å². The van der Waals surface area contributed by atoms with E-state index in [4.69, 9.17) is 16.3 Å². The molecule has 0 bridgehead atoms. The Morgan fingerprint density at radius 3 is 2.67 bits per heavy atom. The first-order chi connectivity index (χ1) is 9.84. The maximum atomic E-state index is 13.6. The molecule has 1 atom stereocenters. The van der Waals surface area contributed by atoms with Crippen LogP contribution in [-0.2, 0) is 4.79 Å². The van der Waals surface area contributed by atoms with Crippen LogP contribution < -0.4 is 4.74 Å². The fraction of sp³-hybridized carbons (Fsp3) is 0.400. The number of hydrogen-bond donors (Lipinski definition) is 0. The second kappa shape index (κ2) is 5.72. The van der Waals surface area contributed by atoms with Crippen molar-refractivity contribution in [2.45, 2.75) is 38.0 Å². The van der Waals surface area contributed by atoms with Crippen molar-refractivity contribution in [3.05, 3.63) is 34.4 Å². The van der Waals surface area contributed by atoms with E-state index in [9.17, 15) is 18.0 Å². The van der Waals surface area contributed by atoms with Crippen molar-refractivity contribution in [2.24, 2.45) is 0 Å². The van der Waals surface area contributed by atoms with Crippen molar-refractivity contribution in [3.63, 3.8) is 0 Å². The minimum absolute atomic E-state index is 0.0819. The fourth-order valence-electron chi connectivity index (χ4n) is 2.37. The standard InChI is InChI=1S/C15H14ClF3O2/c1-2-3-6-14(15(17,18)19)11(9-20)7-10-8-12(16)4-5-13(10)21-14/h4-5,7-9H,2-3,6H2,1H3. The van der Waals surface area contributed by atoms with Crippen LogP contribution >= 0.6 is 11.6 Å². The SMILES string of the molecule is CCCCC1(C(F)(F)F)Oc2ccc(Cl)cc2C=C1C=O. The summed E-state index contributed by atoms with van der Waals surface area (Å²) in [6, 6.07) is 4.32. The lowest BCUT2D eigenvalue weighted by Gasteiger charge is -2.39. The van der Waals surface area contributed by atoms with Gasteiger partial charge in [0.1, 0.15) is 12.0 Å². The van der Waals surface area contributed by atoms with Gasteiger partial charge in [-0.15, -0.1) is 0 Å². The van der Waals surface area contributed by atoms with Crippen molar-refractivity contribution in [1.29, 1.82) is 0 Å². The Hall–Kier alpha value is -1.49. The summed E-state index contributed by atoms with van der Waals surface area (Å²) in [6.07, 6.45) is -2.67. The van der Waals surface area contributed by atoms with Crippen LogP contribution in [0, 0.1) is 0 Å². The molecule has 2 nitrogen and oxygen atoms in total. The van der Waals surface area contributed by atoms with Crippen molar-refractivity contribution in [3.8, 4) is 5.75 Å². The van der Waals surface area contributed by atoms with Crippen LogP contribution in [0.3, 0.4) is 0 Å². The third-order valence-corrected chi connectivity index (χ3v) is 3.74. The first-order valence-corrected chi connectivity index (χ1v) is 6.94. The Labute approximate surface area is 125 Å². The van der Waals surface area contributed by atoms with E-state index in [1.807, 2.05) is 0 Å². The van der Waals surface area contributed by atoms with Gasteiger partial charge in [-0.05, 0) is 30.7 Å². The second-order valence-electron chi connectivity index (χ2n) is 4.93.